The summed E-state index contributed by atoms with van der Waals surface area (Å²) in [4.78, 5) is 13.2. The number of aliphatic hydroxyl groups excluding tert-OH is 1. The zero-order valence-corrected chi connectivity index (χ0v) is 17.6. The van der Waals surface area contributed by atoms with E-state index in [-0.39, 0.29) is 27.7 Å². The summed E-state index contributed by atoms with van der Waals surface area (Å²) in [5.74, 6) is 0. The summed E-state index contributed by atoms with van der Waals surface area (Å²) in [6, 6.07) is 10.7. The molecule has 2 aromatic rings. The monoisotopic (exact) mass is 438 g/mol. The van der Waals surface area contributed by atoms with Crippen LogP contribution in [0.1, 0.15) is 30.6 Å². The van der Waals surface area contributed by atoms with Crippen LogP contribution in [0.5, 0.6) is 0 Å². The summed E-state index contributed by atoms with van der Waals surface area (Å²) in [5, 5.41) is 24.8. The van der Waals surface area contributed by atoms with Crippen molar-refractivity contribution in [2.45, 2.75) is 25.0 Å². The number of rotatable bonds is 7. The minimum Gasteiger partial charge on any atom is -0.388 e. The van der Waals surface area contributed by atoms with E-state index < -0.39 is 11.7 Å². The standard InChI is InChI=1S/C21H24Cl2N2O4/c1-21(28,19-16(22)6-7-17(23)20(19)24-13-26)12-18(27)14-2-4-15(5-3-14)25-8-10-29-11-9-25/h2-7,13,18,27-28H,8-12H2,1H3,(H,24,26)/t18?,21-/m1/s1. The second-order valence-corrected chi connectivity index (χ2v) is 8.04. The van der Waals surface area contributed by atoms with Gasteiger partial charge in [-0.05, 0) is 36.8 Å². The maximum Gasteiger partial charge on any atom is 0.211 e. The first kappa shape index (κ1) is 21.9. The predicted octanol–water partition coefficient (Wildman–Crippen LogP) is 3.73. The first-order chi connectivity index (χ1) is 13.8. The normalized spacial score (nSPS) is 17.5. The van der Waals surface area contributed by atoms with Crippen LogP contribution in [0.2, 0.25) is 10.0 Å². The van der Waals surface area contributed by atoms with Gasteiger partial charge in [0.15, 0.2) is 0 Å². The van der Waals surface area contributed by atoms with Crippen molar-refractivity contribution in [1.82, 2.24) is 0 Å². The van der Waals surface area contributed by atoms with Gasteiger partial charge in [0.05, 0.1) is 35.6 Å². The third kappa shape index (κ3) is 5.02. The Hall–Kier alpha value is -1.83. The molecule has 1 amide bonds. The molecule has 0 bridgehead atoms. The number of halogens is 2. The Kier molecular flexibility index (Phi) is 7.03. The van der Waals surface area contributed by atoms with Gasteiger partial charge in [0.25, 0.3) is 0 Å². The van der Waals surface area contributed by atoms with Crippen molar-refractivity contribution in [3.8, 4) is 0 Å². The average Bonchev–Trinajstić information content (AvgIpc) is 2.71. The van der Waals surface area contributed by atoms with Crippen LogP contribution >= 0.6 is 23.2 Å². The van der Waals surface area contributed by atoms with Crippen LogP contribution in [-0.2, 0) is 15.1 Å². The Labute approximate surface area is 180 Å². The molecule has 29 heavy (non-hydrogen) atoms. The van der Waals surface area contributed by atoms with Crippen molar-refractivity contribution >= 4 is 41.0 Å². The number of aliphatic hydroxyl groups is 2. The van der Waals surface area contributed by atoms with Gasteiger partial charge in [-0.3, -0.25) is 4.79 Å². The van der Waals surface area contributed by atoms with E-state index in [1.165, 1.54) is 13.0 Å². The molecule has 1 aliphatic heterocycles. The number of hydrogen-bond donors (Lipinski definition) is 3. The summed E-state index contributed by atoms with van der Waals surface area (Å²) in [5.41, 5.74) is 0.698. The van der Waals surface area contributed by atoms with Crippen LogP contribution in [0.4, 0.5) is 11.4 Å². The maximum atomic E-state index is 11.1. The molecule has 1 fully saturated rings. The fourth-order valence-corrected chi connectivity index (χ4v) is 4.18. The van der Waals surface area contributed by atoms with Crippen molar-refractivity contribution in [1.29, 1.82) is 0 Å². The highest BCUT2D eigenvalue weighted by atomic mass is 35.5. The molecule has 1 unspecified atom stereocenters. The fourth-order valence-electron chi connectivity index (χ4n) is 3.60. The molecule has 1 saturated heterocycles. The largest absolute Gasteiger partial charge is 0.388 e. The Morgan fingerprint density at radius 3 is 2.41 bits per heavy atom. The van der Waals surface area contributed by atoms with Gasteiger partial charge < -0.3 is 25.2 Å². The summed E-state index contributed by atoms with van der Waals surface area (Å²) in [7, 11) is 0. The molecule has 6 nitrogen and oxygen atoms in total. The molecule has 156 valence electrons. The highest BCUT2D eigenvalue weighted by molar-refractivity contribution is 6.36. The minimum absolute atomic E-state index is 0.0303. The van der Waals surface area contributed by atoms with Crippen LogP contribution in [0, 0.1) is 0 Å². The summed E-state index contributed by atoms with van der Waals surface area (Å²) >= 11 is 12.4. The van der Waals surface area contributed by atoms with Crippen LogP contribution in [-0.4, -0.2) is 42.9 Å². The molecule has 0 aliphatic carbocycles. The van der Waals surface area contributed by atoms with Gasteiger partial charge in [-0.1, -0.05) is 35.3 Å². The molecule has 3 N–H and O–H groups in total. The third-order valence-electron chi connectivity index (χ3n) is 5.09. The summed E-state index contributed by atoms with van der Waals surface area (Å²) in [6.07, 6.45) is -0.502. The predicted molar refractivity (Wildman–Crippen MR) is 115 cm³/mol. The second kappa shape index (κ2) is 9.32. The second-order valence-electron chi connectivity index (χ2n) is 7.23. The molecule has 2 aromatic carbocycles. The molecular weight excluding hydrogens is 415 g/mol. The fraction of sp³-hybridized carbons (Fsp3) is 0.381. The molecule has 0 aromatic heterocycles. The van der Waals surface area contributed by atoms with Crippen molar-refractivity contribution in [3.05, 3.63) is 57.6 Å². The molecule has 0 saturated carbocycles. The van der Waals surface area contributed by atoms with Crippen LogP contribution in [0.15, 0.2) is 36.4 Å². The van der Waals surface area contributed by atoms with Gasteiger partial charge in [0.1, 0.15) is 0 Å². The zero-order valence-electron chi connectivity index (χ0n) is 16.1. The van der Waals surface area contributed by atoms with E-state index in [9.17, 15) is 15.0 Å². The van der Waals surface area contributed by atoms with E-state index in [0.717, 1.165) is 18.8 Å². The average molecular weight is 439 g/mol. The van der Waals surface area contributed by atoms with E-state index in [0.29, 0.717) is 25.2 Å². The first-order valence-electron chi connectivity index (χ1n) is 9.35. The van der Waals surface area contributed by atoms with Gasteiger partial charge in [0.2, 0.25) is 6.41 Å². The lowest BCUT2D eigenvalue weighted by atomic mass is 9.86. The third-order valence-corrected chi connectivity index (χ3v) is 5.72. The number of carbonyl (C=O) groups excluding carboxylic acids is 1. The minimum atomic E-state index is -1.53. The number of nitrogens with zero attached hydrogens (tertiary/aromatic N) is 1. The molecular formula is C21H24Cl2N2O4. The number of ether oxygens (including phenoxy) is 1. The number of amides is 1. The Morgan fingerprint density at radius 1 is 1.17 bits per heavy atom. The molecule has 8 heteroatoms. The zero-order chi connectivity index (χ0) is 21.0. The Morgan fingerprint density at radius 2 is 1.79 bits per heavy atom. The topological polar surface area (TPSA) is 82.0 Å². The first-order valence-corrected chi connectivity index (χ1v) is 10.1. The molecule has 3 rings (SSSR count). The van der Waals surface area contributed by atoms with E-state index in [1.54, 1.807) is 6.07 Å². The van der Waals surface area contributed by atoms with Gasteiger partial charge in [-0.25, -0.2) is 0 Å². The number of hydrogen-bond acceptors (Lipinski definition) is 5. The lowest BCUT2D eigenvalue weighted by Gasteiger charge is -2.31. The van der Waals surface area contributed by atoms with Crippen LogP contribution in [0.25, 0.3) is 0 Å². The number of morpholine rings is 1. The van der Waals surface area contributed by atoms with Crippen LogP contribution in [0.3, 0.4) is 0 Å². The van der Waals surface area contributed by atoms with Crippen molar-refractivity contribution < 1.29 is 19.7 Å². The van der Waals surface area contributed by atoms with Gasteiger partial charge in [0, 0.05) is 35.8 Å². The molecule has 2 atom stereocenters. The lowest BCUT2D eigenvalue weighted by Crippen LogP contribution is -2.36. The Bertz CT molecular complexity index is 853. The number of nitrogens with one attached hydrogen (secondary N) is 1. The number of benzene rings is 2. The van der Waals surface area contributed by atoms with Gasteiger partial charge >= 0.3 is 0 Å². The summed E-state index contributed by atoms with van der Waals surface area (Å²) < 4.78 is 5.37. The smallest absolute Gasteiger partial charge is 0.211 e. The van der Waals surface area contributed by atoms with E-state index in [1.807, 2.05) is 24.3 Å². The van der Waals surface area contributed by atoms with Crippen molar-refractivity contribution in [2.24, 2.45) is 0 Å². The van der Waals surface area contributed by atoms with E-state index in [4.69, 9.17) is 27.9 Å². The molecule has 0 radical (unpaired) electrons. The summed E-state index contributed by atoms with van der Waals surface area (Å²) in [6.45, 7) is 4.59. The lowest BCUT2D eigenvalue weighted by molar-refractivity contribution is -0.105. The highest BCUT2D eigenvalue weighted by Crippen LogP contribution is 2.42. The number of carbonyl (C=O) groups is 1. The highest BCUT2D eigenvalue weighted by Gasteiger charge is 2.33. The van der Waals surface area contributed by atoms with Gasteiger partial charge in [-0.15, -0.1) is 0 Å². The molecule has 0 spiro atoms. The maximum absolute atomic E-state index is 11.1. The van der Waals surface area contributed by atoms with Crippen molar-refractivity contribution in [2.75, 3.05) is 36.5 Å². The molecule has 1 aliphatic rings. The molecule has 1 heterocycles. The van der Waals surface area contributed by atoms with Gasteiger partial charge in [-0.2, -0.15) is 0 Å². The van der Waals surface area contributed by atoms with Crippen molar-refractivity contribution in [3.63, 3.8) is 0 Å². The number of anilines is 2. The van der Waals surface area contributed by atoms with Crippen LogP contribution < -0.4 is 10.2 Å². The SMILES string of the molecule is C[C@@](O)(CC(O)c1ccc(N2CCOCC2)cc1)c1c(Cl)ccc(Cl)c1NC=O. The quantitative estimate of drug-likeness (QED) is 0.573. The van der Waals surface area contributed by atoms with E-state index >= 15 is 0 Å². The van der Waals surface area contributed by atoms with E-state index in [2.05, 4.69) is 10.2 Å². The Balaban J connectivity index is 1.80.